The minimum absolute atomic E-state index is 0.0137. The van der Waals surface area contributed by atoms with Crippen LogP contribution in [0.4, 0.5) is 4.79 Å². The highest BCUT2D eigenvalue weighted by Crippen LogP contribution is 2.44. The van der Waals surface area contributed by atoms with E-state index in [0.717, 1.165) is 42.6 Å². The molecule has 7 heteroatoms. The van der Waals surface area contributed by atoms with E-state index in [1.165, 1.54) is 4.52 Å². The van der Waals surface area contributed by atoms with Gasteiger partial charge in [0.15, 0.2) is 0 Å². The van der Waals surface area contributed by atoms with Crippen LogP contribution < -0.4 is 5.56 Å². The van der Waals surface area contributed by atoms with Gasteiger partial charge in [0.25, 0.3) is 5.56 Å². The molecule has 0 atom stereocenters. The highest BCUT2D eigenvalue weighted by Gasteiger charge is 2.44. The van der Waals surface area contributed by atoms with E-state index in [4.69, 9.17) is 4.74 Å². The highest BCUT2D eigenvalue weighted by atomic mass is 16.6. The van der Waals surface area contributed by atoms with Gasteiger partial charge in [0.05, 0.1) is 6.20 Å². The number of carbonyl (C=O) groups excluding carboxylic acids is 1. The fourth-order valence-corrected chi connectivity index (χ4v) is 4.12. The van der Waals surface area contributed by atoms with Crippen molar-refractivity contribution in [2.24, 2.45) is 0 Å². The van der Waals surface area contributed by atoms with Crippen molar-refractivity contribution in [1.29, 1.82) is 0 Å². The van der Waals surface area contributed by atoms with Crippen molar-refractivity contribution in [3.63, 3.8) is 0 Å². The van der Waals surface area contributed by atoms with Crippen LogP contribution in [0.3, 0.4) is 0 Å². The molecule has 134 valence electrons. The molecule has 3 heterocycles. The molecule has 1 aliphatic carbocycles. The number of likely N-dealkylation sites (tertiary alicyclic amines) is 1. The second-order valence-electron chi connectivity index (χ2n) is 8.16. The number of hydrogen-bond donors (Lipinski definition) is 1. The number of carbonyl (C=O) groups is 1. The summed E-state index contributed by atoms with van der Waals surface area (Å²) < 4.78 is 6.92. The number of amides is 1. The molecule has 2 aromatic heterocycles. The summed E-state index contributed by atoms with van der Waals surface area (Å²) in [6.07, 6.45) is 4.80. The summed E-state index contributed by atoms with van der Waals surface area (Å²) in [5.41, 5.74) is 2.10. The summed E-state index contributed by atoms with van der Waals surface area (Å²) in [6, 6.07) is 1.82. The monoisotopic (exact) mass is 344 g/mol. The Morgan fingerprint density at radius 2 is 2.00 bits per heavy atom. The van der Waals surface area contributed by atoms with Gasteiger partial charge in [-0.3, -0.25) is 4.79 Å². The fourth-order valence-electron chi connectivity index (χ4n) is 4.12. The fraction of sp³-hybridized carbons (Fsp3) is 0.611. The Morgan fingerprint density at radius 1 is 1.28 bits per heavy atom. The lowest BCUT2D eigenvalue weighted by Gasteiger charge is -2.40. The SMILES string of the molecule is CC(C)(C)OC(=O)N1CCC2(CCc3c2[nH]c2ccnn2c3=O)CC1. The third kappa shape index (κ3) is 2.62. The summed E-state index contributed by atoms with van der Waals surface area (Å²) in [5.74, 6) is 0. The van der Waals surface area contributed by atoms with Crippen molar-refractivity contribution in [2.45, 2.75) is 57.5 Å². The van der Waals surface area contributed by atoms with Crippen LogP contribution in [0.15, 0.2) is 17.1 Å². The lowest BCUT2D eigenvalue weighted by atomic mass is 9.76. The molecule has 0 radical (unpaired) electrons. The second kappa shape index (κ2) is 5.34. The molecule has 1 spiro atoms. The topological polar surface area (TPSA) is 79.7 Å². The van der Waals surface area contributed by atoms with Crippen LogP contribution in [0, 0.1) is 0 Å². The molecule has 1 saturated heterocycles. The third-order valence-electron chi connectivity index (χ3n) is 5.40. The van der Waals surface area contributed by atoms with Gasteiger partial charge >= 0.3 is 6.09 Å². The van der Waals surface area contributed by atoms with Crippen LogP contribution in [0.2, 0.25) is 0 Å². The van der Waals surface area contributed by atoms with Crippen LogP contribution in [0.5, 0.6) is 0 Å². The zero-order chi connectivity index (χ0) is 17.8. The molecule has 4 rings (SSSR count). The minimum atomic E-state index is -0.481. The van der Waals surface area contributed by atoms with Crippen LogP contribution in [0.25, 0.3) is 5.65 Å². The van der Waals surface area contributed by atoms with Gasteiger partial charge in [0.2, 0.25) is 0 Å². The Kier molecular flexibility index (Phi) is 3.46. The number of ether oxygens (including phenoxy) is 1. The normalized spacial score (nSPS) is 19.4. The summed E-state index contributed by atoms with van der Waals surface area (Å²) in [4.78, 5) is 30.1. The second-order valence-corrected chi connectivity index (χ2v) is 8.16. The van der Waals surface area contributed by atoms with Crippen molar-refractivity contribution >= 4 is 11.7 Å². The lowest BCUT2D eigenvalue weighted by molar-refractivity contribution is 0.0162. The highest BCUT2D eigenvalue weighted by molar-refractivity contribution is 5.68. The lowest BCUT2D eigenvalue weighted by Crippen LogP contribution is -2.46. The first-order valence-electron chi connectivity index (χ1n) is 8.86. The first-order valence-corrected chi connectivity index (χ1v) is 8.86. The van der Waals surface area contributed by atoms with Crippen molar-refractivity contribution < 1.29 is 9.53 Å². The van der Waals surface area contributed by atoms with Gasteiger partial charge in [-0.2, -0.15) is 9.61 Å². The maximum atomic E-state index is 12.6. The van der Waals surface area contributed by atoms with Crippen molar-refractivity contribution in [3.8, 4) is 0 Å². The maximum absolute atomic E-state index is 12.6. The quantitative estimate of drug-likeness (QED) is 0.795. The Morgan fingerprint density at radius 3 is 2.68 bits per heavy atom. The van der Waals surface area contributed by atoms with Crippen LogP contribution in [0.1, 0.15) is 51.3 Å². The summed E-state index contributed by atoms with van der Waals surface area (Å²) in [6.45, 7) is 6.95. The number of fused-ring (bicyclic) bond motifs is 3. The van der Waals surface area contributed by atoms with Gasteiger partial charge < -0.3 is 14.6 Å². The van der Waals surface area contributed by atoms with Crippen LogP contribution in [-0.2, 0) is 16.6 Å². The van der Waals surface area contributed by atoms with E-state index >= 15 is 0 Å². The number of piperidine rings is 1. The van der Waals surface area contributed by atoms with E-state index in [-0.39, 0.29) is 17.1 Å². The molecule has 2 aliphatic rings. The van der Waals surface area contributed by atoms with Crippen molar-refractivity contribution in [2.75, 3.05) is 13.1 Å². The predicted octanol–water partition coefficient (Wildman–Crippen LogP) is 2.24. The number of aromatic nitrogens is 3. The number of aromatic amines is 1. The number of hydrogen-bond acceptors (Lipinski definition) is 4. The average molecular weight is 344 g/mol. The zero-order valence-corrected chi connectivity index (χ0v) is 15.0. The van der Waals surface area contributed by atoms with E-state index in [1.54, 1.807) is 11.1 Å². The molecule has 0 aromatic carbocycles. The van der Waals surface area contributed by atoms with Crippen molar-refractivity contribution in [1.82, 2.24) is 19.5 Å². The molecule has 0 saturated carbocycles. The Bertz CT molecular complexity index is 882. The summed E-state index contributed by atoms with van der Waals surface area (Å²) in [5, 5.41) is 4.10. The van der Waals surface area contributed by atoms with E-state index in [9.17, 15) is 9.59 Å². The van der Waals surface area contributed by atoms with E-state index in [0.29, 0.717) is 13.1 Å². The standard InChI is InChI=1S/C18H24N4O3/c1-17(2,3)25-16(24)21-10-7-18(8-11-21)6-4-12-14(18)20-13-5-9-19-22(13)15(12)23/h5,9,20H,4,6-8,10-11H2,1-3H3. The minimum Gasteiger partial charge on any atom is -0.444 e. The van der Waals surface area contributed by atoms with E-state index < -0.39 is 5.60 Å². The summed E-state index contributed by atoms with van der Waals surface area (Å²) >= 11 is 0. The van der Waals surface area contributed by atoms with Gasteiger partial charge in [0.1, 0.15) is 11.2 Å². The Balaban J connectivity index is 1.58. The smallest absolute Gasteiger partial charge is 0.410 e. The molecule has 1 amide bonds. The molecule has 1 aliphatic heterocycles. The molecule has 1 fully saturated rings. The molecular weight excluding hydrogens is 320 g/mol. The van der Waals surface area contributed by atoms with Crippen LogP contribution >= 0.6 is 0 Å². The van der Waals surface area contributed by atoms with E-state index in [2.05, 4.69) is 10.1 Å². The first-order chi connectivity index (χ1) is 11.8. The Labute approximate surface area is 146 Å². The molecule has 0 bridgehead atoms. The molecular formula is C18H24N4O3. The van der Waals surface area contributed by atoms with Crippen molar-refractivity contribution in [3.05, 3.63) is 33.9 Å². The molecule has 25 heavy (non-hydrogen) atoms. The van der Waals surface area contributed by atoms with Gasteiger partial charge in [-0.15, -0.1) is 0 Å². The number of nitrogens with one attached hydrogen (secondary N) is 1. The molecule has 2 aromatic rings. The number of nitrogens with zero attached hydrogens (tertiary/aromatic N) is 3. The number of rotatable bonds is 0. The van der Waals surface area contributed by atoms with E-state index in [1.807, 2.05) is 26.8 Å². The first kappa shape index (κ1) is 16.2. The third-order valence-corrected chi connectivity index (χ3v) is 5.40. The average Bonchev–Trinajstić information content (AvgIpc) is 3.13. The summed E-state index contributed by atoms with van der Waals surface area (Å²) in [7, 11) is 0. The largest absolute Gasteiger partial charge is 0.444 e. The molecule has 0 unspecified atom stereocenters. The maximum Gasteiger partial charge on any atom is 0.410 e. The van der Waals surface area contributed by atoms with Gasteiger partial charge in [-0.1, -0.05) is 0 Å². The number of H-pyrrole nitrogens is 1. The Hall–Kier alpha value is -2.31. The predicted molar refractivity (Wildman–Crippen MR) is 92.9 cm³/mol. The van der Waals surface area contributed by atoms with Crippen LogP contribution in [-0.4, -0.2) is 44.3 Å². The molecule has 7 nitrogen and oxygen atoms in total. The zero-order valence-electron chi connectivity index (χ0n) is 15.0. The molecule has 1 N–H and O–H groups in total. The van der Waals surface area contributed by atoms with Gasteiger partial charge in [-0.05, 0) is 46.5 Å². The van der Waals surface area contributed by atoms with Gasteiger partial charge in [-0.25, -0.2) is 4.79 Å². The van der Waals surface area contributed by atoms with Gasteiger partial charge in [0, 0.05) is 35.8 Å².